The van der Waals surface area contributed by atoms with Crippen LogP contribution in [0.3, 0.4) is 0 Å². The molecule has 0 aliphatic heterocycles. The normalized spacial score (nSPS) is 14.5. The van der Waals surface area contributed by atoms with E-state index >= 15 is 0 Å². The van der Waals surface area contributed by atoms with E-state index in [1.165, 1.54) is 6.42 Å². The molecule has 1 aliphatic carbocycles. The highest BCUT2D eigenvalue weighted by atomic mass is 19.1. The van der Waals surface area contributed by atoms with E-state index in [-0.39, 0.29) is 23.2 Å². The second-order valence-electron chi connectivity index (χ2n) is 7.32. The summed E-state index contributed by atoms with van der Waals surface area (Å²) in [6, 6.07) is 12.9. The molecule has 2 aromatic heterocycles. The Bertz CT molecular complexity index is 979. The van der Waals surface area contributed by atoms with Gasteiger partial charge in [-0.2, -0.15) is 0 Å². The molecular weight excluding hydrogens is 369 g/mol. The molecule has 0 atom stereocenters. The first-order chi connectivity index (χ1) is 14.1. The van der Waals surface area contributed by atoms with Gasteiger partial charge in [-0.1, -0.05) is 19.3 Å². The number of carbonyl (C=O) groups is 1. The number of hydrogen-bond acceptors (Lipinski definition) is 4. The Morgan fingerprint density at radius 3 is 2.41 bits per heavy atom. The number of rotatable bonds is 6. The third kappa shape index (κ3) is 4.39. The number of aromatic nitrogens is 2. The number of halogens is 1. The van der Waals surface area contributed by atoms with E-state index < -0.39 is 11.7 Å². The quantitative estimate of drug-likeness (QED) is 0.571. The van der Waals surface area contributed by atoms with Crippen LogP contribution in [0.5, 0.6) is 0 Å². The molecule has 0 saturated heterocycles. The van der Waals surface area contributed by atoms with Crippen LogP contribution in [-0.2, 0) is 0 Å². The van der Waals surface area contributed by atoms with E-state index in [4.69, 9.17) is 5.73 Å². The van der Waals surface area contributed by atoms with Crippen LogP contribution in [0.4, 0.5) is 21.7 Å². The molecule has 1 aliphatic rings. The van der Waals surface area contributed by atoms with Gasteiger partial charge in [0.25, 0.3) is 5.91 Å². The first kappa shape index (κ1) is 19.0. The third-order valence-electron chi connectivity index (χ3n) is 5.22. The lowest BCUT2D eigenvalue weighted by atomic mass is 9.95. The molecule has 150 valence electrons. The van der Waals surface area contributed by atoms with Gasteiger partial charge in [-0.05, 0) is 55.3 Å². The van der Waals surface area contributed by atoms with Gasteiger partial charge in [0, 0.05) is 29.8 Å². The monoisotopic (exact) mass is 393 g/mol. The fourth-order valence-corrected chi connectivity index (χ4v) is 3.67. The molecule has 4 rings (SSSR count). The molecule has 4 N–H and O–H groups in total. The van der Waals surface area contributed by atoms with E-state index in [0.717, 1.165) is 43.1 Å². The summed E-state index contributed by atoms with van der Waals surface area (Å²) in [4.78, 5) is 16.2. The van der Waals surface area contributed by atoms with Crippen molar-refractivity contribution in [1.82, 2.24) is 9.55 Å². The smallest absolute Gasteiger partial charge is 0.252 e. The fraction of sp³-hybridized carbons (Fsp3) is 0.273. The number of nitrogens with two attached hydrogens (primary N) is 1. The van der Waals surface area contributed by atoms with Crippen molar-refractivity contribution < 1.29 is 9.18 Å². The zero-order valence-corrected chi connectivity index (χ0v) is 16.1. The Balaban J connectivity index is 1.59. The lowest BCUT2D eigenvalue weighted by Gasteiger charge is -2.24. The third-order valence-corrected chi connectivity index (χ3v) is 5.22. The molecule has 29 heavy (non-hydrogen) atoms. The van der Waals surface area contributed by atoms with Crippen LogP contribution < -0.4 is 16.4 Å². The Hall–Kier alpha value is -3.35. The summed E-state index contributed by atoms with van der Waals surface area (Å²) in [5.41, 5.74) is 7.20. The number of nitrogens with zero attached hydrogens (tertiary/aromatic N) is 2. The summed E-state index contributed by atoms with van der Waals surface area (Å²) in [6.45, 7) is 0. The van der Waals surface area contributed by atoms with Crippen molar-refractivity contribution in [2.24, 2.45) is 5.73 Å². The first-order valence-electron chi connectivity index (χ1n) is 9.87. The van der Waals surface area contributed by atoms with Gasteiger partial charge in [0.2, 0.25) is 0 Å². The summed E-state index contributed by atoms with van der Waals surface area (Å²) in [7, 11) is 0. The average molecular weight is 393 g/mol. The summed E-state index contributed by atoms with van der Waals surface area (Å²) in [5.74, 6) is -0.913. The molecule has 0 bridgehead atoms. The van der Waals surface area contributed by atoms with Crippen LogP contribution in [0.15, 0.2) is 54.9 Å². The predicted octanol–water partition coefficient (Wildman–Crippen LogP) is 4.60. The molecule has 0 unspecified atom stereocenters. The van der Waals surface area contributed by atoms with Gasteiger partial charge in [0.1, 0.15) is 5.82 Å². The molecule has 7 heteroatoms. The Labute approximate surface area is 168 Å². The molecule has 1 fully saturated rings. The van der Waals surface area contributed by atoms with Crippen LogP contribution >= 0.6 is 0 Å². The zero-order valence-electron chi connectivity index (χ0n) is 16.1. The van der Waals surface area contributed by atoms with Crippen LogP contribution in [0.1, 0.15) is 42.5 Å². The van der Waals surface area contributed by atoms with Gasteiger partial charge < -0.3 is 20.9 Å². The molecule has 0 radical (unpaired) electrons. The van der Waals surface area contributed by atoms with E-state index in [0.29, 0.717) is 0 Å². The van der Waals surface area contributed by atoms with Gasteiger partial charge in [0.05, 0.1) is 5.56 Å². The maximum absolute atomic E-state index is 14.5. The zero-order chi connectivity index (χ0) is 20.2. The maximum Gasteiger partial charge on any atom is 0.252 e. The molecule has 0 spiro atoms. The van der Waals surface area contributed by atoms with Gasteiger partial charge >= 0.3 is 0 Å². The maximum atomic E-state index is 14.5. The minimum Gasteiger partial charge on any atom is -0.365 e. The number of pyridine rings is 1. The second-order valence-corrected chi connectivity index (χ2v) is 7.32. The minimum atomic E-state index is -0.730. The van der Waals surface area contributed by atoms with Crippen molar-refractivity contribution in [2.45, 2.75) is 38.1 Å². The number of hydrogen-bond donors (Lipinski definition) is 3. The molecular formula is C22H24FN5O. The number of carbonyl (C=O) groups excluding carboxylic acids is 1. The highest BCUT2D eigenvalue weighted by Gasteiger charge is 2.19. The molecule has 1 saturated carbocycles. The SMILES string of the molecule is NC(=O)c1cc(F)c(NC2CCCCC2)nc1Nc1ccc(-n2cccc2)cc1. The van der Waals surface area contributed by atoms with Crippen molar-refractivity contribution in [3.8, 4) is 5.69 Å². The van der Waals surface area contributed by atoms with Crippen LogP contribution in [0.2, 0.25) is 0 Å². The number of anilines is 3. The van der Waals surface area contributed by atoms with E-state index in [1.54, 1.807) is 0 Å². The lowest BCUT2D eigenvalue weighted by molar-refractivity contribution is 0.100. The van der Waals surface area contributed by atoms with Crippen molar-refractivity contribution in [1.29, 1.82) is 0 Å². The number of primary amides is 1. The van der Waals surface area contributed by atoms with Crippen molar-refractivity contribution >= 4 is 23.2 Å². The Kier molecular flexibility index (Phi) is 5.46. The number of amides is 1. The molecule has 6 nitrogen and oxygen atoms in total. The molecule has 1 amide bonds. The van der Waals surface area contributed by atoms with Gasteiger partial charge in [-0.15, -0.1) is 0 Å². The first-order valence-corrected chi connectivity index (χ1v) is 9.87. The number of nitrogens with one attached hydrogen (secondary N) is 2. The predicted molar refractivity (Wildman–Crippen MR) is 112 cm³/mol. The molecule has 3 aromatic rings. The summed E-state index contributed by atoms with van der Waals surface area (Å²) in [5, 5.41) is 6.29. The van der Waals surface area contributed by atoms with Gasteiger partial charge in [-0.25, -0.2) is 9.37 Å². The van der Waals surface area contributed by atoms with E-state index in [2.05, 4.69) is 15.6 Å². The average Bonchev–Trinajstić information content (AvgIpc) is 3.26. The minimum absolute atomic E-state index is 0.0196. The highest BCUT2D eigenvalue weighted by molar-refractivity contribution is 5.98. The standard InChI is InChI=1S/C22H24FN5O/c23-19-14-18(20(24)29)21(27-22(19)26-15-6-2-1-3-7-15)25-16-8-10-17(11-9-16)28-12-4-5-13-28/h4-5,8-15H,1-3,6-7H2,(H2,24,29)(H2,25,26,27). The van der Waals surface area contributed by atoms with Gasteiger partial charge in [0.15, 0.2) is 11.6 Å². The van der Waals surface area contributed by atoms with E-state index in [1.807, 2.05) is 53.4 Å². The second kappa shape index (κ2) is 8.34. The van der Waals surface area contributed by atoms with Crippen LogP contribution in [-0.4, -0.2) is 21.5 Å². The van der Waals surface area contributed by atoms with E-state index in [9.17, 15) is 9.18 Å². The largest absolute Gasteiger partial charge is 0.365 e. The molecule has 1 aromatic carbocycles. The van der Waals surface area contributed by atoms with Crippen molar-refractivity contribution in [3.63, 3.8) is 0 Å². The lowest BCUT2D eigenvalue weighted by Crippen LogP contribution is -2.24. The summed E-state index contributed by atoms with van der Waals surface area (Å²) < 4.78 is 16.5. The van der Waals surface area contributed by atoms with Crippen LogP contribution in [0.25, 0.3) is 5.69 Å². The van der Waals surface area contributed by atoms with Crippen molar-refractivity contribution in [3.05, 3.63) is 66.2 Å². The molecule has 2 heterocycles. The fourth-order valence-electron chi connectivity index (χ4n) is 3.67. The number of benzene rings is 1. The van der Waals surface area contributed by atoms with Gasteiger partial charge in [-0.3, -0.25) is 4.79 Å². The Morgan fingerprint density at radius 2 is 1.76 bits per heavy atom. The highest BCUT2D eigenvalue weighted by Crippen LogP contribution is 2.27. The van der Waals surface area contributed by atoms with Crippen LogP contribution in [0, 0.1) is 5.82 Å². The summed E-state index contributed by atoms with van der Waals surface area (Å²) in [6.07, 6.45) is 9.34. The summed E-state index contributed by atoms with van der Waals surface area (Å²) >= 11 is 0. The Morgan fingerprint density at radius 1 is 1.07 bits per heavy atom. The van der Waals surface area contributed by atoms with Crippen molar-refractivity contribution in [2.75, 3.05) is 10.6 Å². The topological polar surface area (TPSA) is 85.0 Å².